The predicted octanol–water partition coefficient (Wildman–Crippen LogP) is 14.2. The molecule has 0 bridgehead atoms. The van der Waals surface area contributed by atoms with Crippen molar-refractivity contribution in [2.75, 3.05) is 103 Å². The van der Waals surface area contributed by atoms with Gasteiger partial charge in [0.05, 0.1) is 65.5 Å². The van der Waals surface area contributed by atoms with Gasteiger partial charge in [0.15, 0.2) is 0 Å². The average Bonchev–Trinajstić information content (AvgIpc) is 0.829. The van der Waals surface area contributed by atoms with E-state index >= 15 is 0 Å². The van der Waals surface area contributed by atoms with E-state index in [-0.39, 0.29) is 79.6 Å². The topological polar surface area (TPSA) is 298 Å². The Morgan fingerprint density at radius 1 is 0.371 bits per heavy atom. The standard InChI is InChI=1S/C25H23ClF2N6O2.C25H23ClFN5O2.C24H20ClF2N5O2S/c1-33-8-10-34(11-9-33)23(29)15-2-5-18(20(28)12-15)24(35)31-21-6-4-17(27)13-19(21)25(36)32-22-7-3-16(26)14-30-22;26-17-9-11-22(29-15-17)31-25(34)19-6-2-3-7-21(19)30-24(33)18-10-8-16(14-20(18)27)23(28)32-12-4-1-5-13-32;25-15-2-6-21(29-13-15)31-24(34)18-12-16(26)3-5-20(18)30-23(33)17-4-1-14(11-19(17)27)22(28)32-7-9-35-10-8-32/h2-7,12-14,29H,8-11H2,1H3,(H,31,35)(H,30,32,36);2-3,6-11,14-15,28H,1,4-5,12-13H2,(H,30,33)(H,29,31,34);1-6,11-13,28H,7-10H2,(H,30,33)(H,29,31,34). The smallest absolute Gasteiger partial charge is 0.259 e. The second-order valence-corrected chi connectivity index (χ2v) is 26.3. The van der Waals surface area contributed by atoms with Crippen LogP contribution in [0.2, 0.25) is 15.1 Å². The second-order valence-electron chi connectivity index (χ2n) is 23.8. The van der Waals surface area contributed by atoms with E-state index in [1.54, 1.807) is 54.2 Å². The minimum absolute atomic E-state index is 0.00935. The number of rotatable bonds is 15. The number of carbonyl (C=O) groups is 6. The first-order chi connectivity index (χ1) is 50.4. The quantitative estimate of drug-likeness (QED) is 0.0262. The van der Waals surface area contributed by atoms with Gasteiger partial charge in [0.25, 0.3) is 35.4 Å². The van der Waals surface area contributed by atoms with Gasteiger partial charge in [-0.1, -0.05) is 65.1 Å². The third-order valence-corrected chi connectivity index (χ3v) is 18.2. The van der Waals surface area contributed by atoms with E-state index in [9.17, 15) is 50.7 Å². The van der Waals surface area contributed by atoms with Crippen molar-refractivity contribution in [2.45, 2.75) is 19.3 Å². The number of anilines is 6. The second kappa shape index (κ2) is 35.8. The van der Waals surface area contributed by atoms with Crippen LogP contribution in [-0.4, -0.2) is 158 Å². The number of aromatic nitrogens is 3. The number of halogens is 8. The summed E-state index contributed by atoms with van der Waals surface area (Å²) in [7, 11) is 2.00. The number of hydrogen-bond donors (Lipinski definition) is 9. The molecule has 0 aliphatic carbocycles. The van der Waals surface area contributed by atoms with Crippen molar-refractivity contribution in [3.05, 3.63) is 264 Å². The van der Waals surface area contributed by atoms with Crippen molar-refractivity contribution >= 4 is 134 Å². The number of carbonyl (C=O) groups excluding carboxylic acids is 6. The maximum atomic E-state index is 14.9. The lowest BCUT2D eigenvalue weighted by Gasteiger charge is -2.34. The molecule has 6 amide bonds. The van der Waals surface area contributed by atoms with Crippen molar-refractivity contribution in [3.8, 4) is 0 Å². The number of benzene rings is 6. The van der Waals surface area contributed by atoms with Gasteiger partial charge in [-0.15, -0.1) is 0 Å². The van der Waals surface area contributed by atoms with E-state index in [0.29, 0.717) is 63.8 Å². The molecule has 12 rings (SSSR count). The summed E-state index contributed by atoms with van der Waals surface area (Å²) in [5, 5.41) is 41.5. The van der Waals surface area contributed by atoms with E-state index in [1.165, 1.54) is 91.4 Å². The molecular weight excluding hydrogens is 1440 g/mol. The van der Waals surface area contributed by atoms with Gasteiger partial charge in [-0.3, -0.25) is 45.0 Å². The Morgan fingerprint density at radius 3 is 1.09 bits per heavy atom. The number of amidine groups is 3. The number of thioether (sulfide) groups is 1. The molecule has 6 aromatic carbocycles. The van der Waals surface area contributed by atoms with Gasteiger partial charge in [-0.2, -0.15) is 11.8 Å². The Bertz CT molecular complexity index is 4760. The number of amides is 6. The third-order valence-electron chi connectivity index (χ3n) is 16.6. The zero-order valence-corrected chi connectivity index (χ0v) is 59.0. The average molecular weight is 1510 g/mol. The summed E-state index contributed by atoms with van der Waals surface area (Å²) >= 11 is 19.2. The van der Waals surface area contributed by atoms with Crippen LogP contribution in [0.3, 0.4) is 0 Å². The van der Waals surface area contributed by atoms with Crippen molar-refractivity contribution in [2.24, 2.45) is 0 Å². The van der Waals surface area contributed by atoms with Gasteiger partial charge >= 0.3 is 0 Å². The minimum atomic E-state index is -0.824. The normalized spacial score (nSPS) is 13.5. The molecule has 0 spiro atoms. The number of likely N-dealkylation sites (N-methyl/N-ethyl adjacent to an activating group) is 1. The summed E-state index contributed by atoms with van der Waals surface area (Å²) in [6, 6.07) is 34.0. The molecule has 9 aromatic rings. The molecule has 0 unspecified atom stereocenters. The first-order valence-corrected chi connectivity index (χ1v) is 34.8. The molecule has 3 aromatic heterocycles. The van der Waals surface area contributed by atoms with Gasteiger partial charge in [0, 0.05) is 99.1 Å². The zero-order chi connectivity index (χ0) is 74.8. The van der Waals surface area contributed by atoms with Crippen LogP contribution in [0, 0.1) is 45.3 Å². The Kier molecular flexibility index (Phi) is 26.1. The fraction of sp³-hybridized carbons (Fsp3) is 0.189. The van der Waals surface area contributed by atoms with Gasteiger partial charge < -0.3 is 51.5 Å². The Labute approximate surface area is 618 Å². The largest absolute Gasteiger partial charge is 0.357 e. The zero-order valence-electron chi connectivity index (χ0n) is 55.9. The highest BCUT2D eigenvalue weighted by Gasteiger charge is 2.26. The molecule has 0 atom stereocenters. The SMILES string of the molecule is CN1CCN(C(=N)c2ccc(C(=O)Nc3ccc(F)cc3C(=O)Nc3ccc(Cl)cn3)c(F)c2)CC1.N=C(c1ccc(C(=O)Nc2ccc(F)cc2C(=O)Nc2ccc(Cl)cn2)c(F)c1)N1CCSCC1.N=C(c1ccc(C(=O)Nc2ccccc2C(=O)Nc2ccc(Cl)cn2)c(F)c1)N1CCCCC1. The predicted molar refractivity (Wildman–Crippen MR) is 398 cm³/mol. The van der Waals surface area contributed by atoms with Gasteiger partial charge in [0.1, 0.15) is 64.0 Å². The molecule has 9 N–H and O–H groups in total. The van der Waals surface area contributed by atoms with Crippen LogP contribution in [0.5, 0.6) is 0 Å². The molecule has 6 heterocycles. The number of nitrogens with zero attached hydrogens (tertiary/aromatic N) is 7. The summed E-state index contributed by atoms with van der Waals surface area (Å²) in [6.07, 6.45) is 7.22. The maximum Gasteiger partial charge on any atom is 0.259 e. The van der Waals surface area contributed by atoms with Crippen molar-refractivity contribution in [3.63, 3.8) is 0 Å². The van der Waals surface area contributed by atoms with Crippen LogP contribution in [0.4, 0.5) is 56.5 Å². The fourth-order valence-electron chi connectivity index (χ4n) is 10.9. The van der Waals surface area contributed by atoms with E-state index in [4.69, 9.17) is 51.0 Å². The number of nitrogens with one attached hydrogen (secondary N) is 9. The maximum absolute atomic E-state index is 14.9. The van der Waals surface area contributed by atoms with E-state index in [0.717, 1.165) is 93.3 Å². The van der Waals surface area contributed by atoms with Crippen LogP contribution in [-0.2, 0) is 0 Å². The molecule has 540 valence electrons. The van der Waals surface area contributed by atoms with Gasteiger partial charge in [0.2, 0.25) is 0 Å². The molecule has 31 heteroatoms. The molecule has 22 nitrogen and oxygen atoms in total. The number of hydrogen-bond acceptors (Lipinski definition) is 14. The van der Waals surface area contributed by atoms with Crippen molar-refractivity contribution in [1.82, 2.24) is 34.6 Å². The van der Waals surface area contributed by atoms with Crippen LogP contribution < -0.4 is 31.9 Å². The highest BCUT2D eigenvalue weighted by atomic mass is 35.5. The van der Waals surface area contributed by atoms with E-state index < -0.39 is 64.5 Å². The van der Waals surface area contributed by atoms with Crippen LogP contribution >= 0.6 is 46.6 Å². The van der Waals surface area contributed by atoms with E-state index in [1.807, 2.05) is 21.7 Å². The van der Waals surface area contributed by atoms with Gasteiger partial charge in [-0.05, 0) is 148 Å². The van der Waals surface area contributed by atoms with Crippen molar-refractivity contribution in [1.29, 1.82) is 16.2 Å². The van der Waals surface area contributed by atoms with Crippen LogP contribution in [0.25, 0.3) is 0 Å². The first kappa shape index (κ1) is 76.5. The lowest BCUT2D eigenvalue weighted by Crippen LogP contribution is -2.47. The van der Waals surface area contributed by atoms with Crippen LogP contribution in [0.15, 0.2) is 170 Å². The molecule has 3 fully saturated rings. The summed E-state index contributed by atoms with van der Waals surface area (Å²) in [5.41, 5.74) is 0.466. The molecule has 3 aliphatic heterocycles. The number of piperidine rings is 1. The molecule has 3 aliphatic rings. The van der Waals surface area contributed by atoms with Crippen LogP contribution in [0.1, 0.15) is 98.1 Å². The summed E-state index contributed by atoms with van der Waals surface area (Å²) < 4.78 is 72.4. The molecule has 0 saturated carbocycles. The Hall–Kier alpha value is -11.2. The number of piperazine rings is 1. The highest BCUT2D eigenvalue weighted by molar-refractivity contribution is 7.99. The number of para-hydroxylation sites is 1. The Balaban J connectivity index is 0.000000169. The first-order valence-electron chi connectivity index (χ1n) is 32.5. The molecule has 0 radical (unpaired) electrons. The fourth-order valence-corrected chi connectivity index (χ4v) is 12.1. The third kappa shape index (κ3) is 20.6. The van der Waals surface area contributed by atoms with Gasteiger partial charge in [-0.25, -0.2) is 36.9 Å². The lowest BCUT2D eigenvalue weighted by molar-refractivity contribution is 0.100. The summed E-state index contributed by atoms with van der Waals surface area (Å²) in [5.74, 6) is -4.94. The lowest BCUT2D eigenvalue weighted by atomic mass is 10.1. The number of pyridine rings is 3. The molecule has 105 heavy (non-hydrogen) atoms. The van der Waals surface area contributed by atoms with E-state index in [2.05, 4.69) is 51.8 Å². The monoisotopic (exact) mass is 1510 g/mol. The summed E-state index contributed by atoms with van der Waals surface area (Å²) in [6.45, 7) is 5.85. The summed E-state index contributed by atoms with van der Waals surface area (Å²) in [4.78, 5) is 96.4. The highest BCUT2D eigenvalue weighted by Crippen LogP contribution is 2.27. The molecule has 3 saturated heterocycles. The Morgan fingerprint density at radius 2 is 0.714 bits per heavy atom. The minimum Gasteiger partial charge on any atom is -0.357 e. The molecular formula is C74H66Cl3F5N16O6S. The van der Waals surface area contributed by atoms with Crippen molar-refractivity contribution < 1.29 is 50.7 Å². The number of likely N-dealkylation sites (tertiary alicyclic amines) is 1.